The molecule has 0 aliphatic carbocycles. The number of benzene rings is 1. The minimum Gasteiger partial charge on any atom is -0.491 e. The van der Waals surface area contributed by atoms with Gasteiger partial charge in [-0.2, -0.15) is 0 Å². The summed E-state index contributed by atoms with van der Waals surface area (Å²) >= 11 is 0. The van der Waals surface area contributed by atoms with Gasteiger partial charge in [0.2, 0.25) is 0 Å². The molecule has 0 saturated carbocycles. The highest BCUT2D eigenvalue weighted by atomic mass is 16.5. The fourth-order valence-electron chi connectivity index (χ4n) is 4.30. The maximum Gasteiger partial charge on any atom is 0.311 e. The lowest BCUT2D eigenvalue weighted by molar-refractivity contribution is -0.157. The van der Waals surface area contributed by atoms with Gasteiger partial charge in [0.05, 0.1) is 18.1 Å². The lowest BCUT2D eigenvalue weighted by Crippen LogP contribution is -2.45. The van der Waals surface area contributed by atoms with Crippen LogP contribution in [0.1, 0.15) is 29.6 Å². The van der Waals surface area contributed by atoms with E-state index < -0.39 is 11.4 Å². The number of nitrogens with zero attached hydrogens (tertiary/aromatic N) is 1. The zero-order chi connectivity index (χ0) is 18.9. The quantitative estimate of drug-likeness (QED) is 0.845. The lowest BCUT2D eigenvalue weighted by atomic mass is 9.74. The normalized spacial score (nSPS) is 30.1. The van der Waals surface area contributed by atoms with Gasteiger partial charge in [0, 0.05) is 37.8 Å². The van der Waals surface area contributed by atoms with E-state index in [1.54, 1.807) is 29.2 Å². The number of rotatable bonds is 5. The molecule has 1 aromatic carbocycles. The fraction of sp³-hybridized carbons (Fsp3) is 0.600. The van der Waals surface area contributed by atoms with Crippen LogP contribution in [0.2, 0.25) is 0 Å². The summed E-state index contributed by atoms with van der Waals surface area (Å²) in [6.45, 7) is 2.80. The molecule has 4 rings (SSSR count). The number of carbonyl (C=O) groups excluding carboxylic acids is 1. The van der Waals surface area contributed by atoms with Gasteiger partial charge < -0.3 is 24.2 Å². The predicted octanol–water partition coefficient (Wildman–Crippen LogP) is 1.81. The largest absolute Gasteiger partial charge is 0.491 e. The summed E-state index contributed by atoms with van der Waals surface area (Å²) in [5.74, 6) is -0.422. The summed E-state index contributed by atoms with van der Waals surface area (Å²) in [7, 11) is 0. The average molecular weight is 375 g/mol. The number of fused-ring (bicyclic) bond motifs is 1. The van der Waals surface area contributed by atoms with E-state index in [0.717, 1.165) is 19.4 Å². The monoisotopic (exact) mass is 375 g/mol. The maximum atomic E-state index is 12.9. The van der Waals surface area contributed by atoms with E-state index >= 15 is 0 Å². The van der Waals surface area contributed by atoms with Crippen LogP contribution in [0.5, 0.6) is 5.75 Å². The molecule has 7 heteroatoms. The number of hydrogen-bond donors (Lipinski definition) is 1. The first kappa shape index (κ1) is 18.3. The SMILES string of the molecule is O=C(c1ccc(OCC2CCCO2)cc1)N1C[C@H]2COCC[C@@]2(C(=O)O)C1. The van der Waals surface area contributed by atoms with Crippen LogP contribution in [-0.2, 0) is 14.3 Å². The highest BCUT2D eigenvalue weighted by Crippen LogP contribution is 2.42. The topological polar surface area (TPSA) is 85.3 Å². The Morgan fingerprint density at radius 2 is 2.07 bits per heavy atom. The summed E-state index contributed by atoms with van der Waals surface area (Å²) in [5.41, 5.74) is -0.335. The summed E-state index contributed by atoms with van der Waals surface area (Å²) < 4.78 is 16.7. The third-order valence-electron chi connectivity index (χ3n) is 5.98. The van der Waals surface area contributed by atoms with Crippen LogP contribution in [-0.4, -0.2) is 67.5 Å². The van der Waals surface area contributed by atoms with Gasteiger partial charge in [-0.15, -0.1) is 0 Å². The molecule has 3 aliphatic heterocycles. The van der Waals surface area contributed by atoms with Crippen LogP contribution in [0.15, 0.2) is 24.3 Å². The Bertz CT molecular complexity index is 699. The molecule has 146 valence electrons. The van der Waals surface area contributed by atoms with E-state index in [1.165, 1.54) is 0 Å². The Morgan fingerprint density at radius 3 is 2.74 bits per heavy atom. The molecule has 3 atom stereocenters. The number of ether oxygens (including phenoxy) is 3. The number of carboxylic acid groups (broad SMARTS) is 1. The zero-order valence-corrected chi connectivity index (χ0v) is 15.3. The fourth-order valence-corrected chi connectivity index (χ4v) is 4.30. The Labute approximate surface area is 158 Å². The van der Waals surface area contributed by atoms with Crippen LogP contribution in [0.4, 0.5) is 0 Å². The van der Waals surface area contributed by atoms with Crippen molar-refractivity contribution < 1.29 is 28.9 Å². The second-order valence-electron chi connectivity index (χ2n) is 7.64. The third-order valence-corrected chi connectivity index (χ3v) is 5.98. The summed E-state index contributed by atoms with van der Waals surface area (Å²) in [4.78, 5) is 26.4. The second-order valence-corrected chi connectivity index (χ2v) is 7.64. The van der Waals surface area contributed by atoms with Gasteiger partial charge in [-0.25, -0.2) is 0 Å². The van der Waals surface area contributed by atoms with Crippen molar-refractivity contribution in [1.29, 1.82) is 0 Å². The van der Waals surface area contributed by atoms with Gasteiger partial charge in [0.25, 0.3) is 5.91 Å². The first-order valence-corrected chi connectivity index (χ1v) is 9.53. The molecule has 3 aliphatic rings. The number of likely N-dealkylation sites (tertiary alicyclic amines) is 1. The van der Waals surface area contributed by atoms with E-state index in [0.29, 0.717) is 44.1 Å². The Hall–Kier alpha value is -2.12. The Morgan fingerprint density at radius 1 is 1.26 bits per heavy atom. The predicted molar refractivity (Wildman–Crippen MR) is 95.8 cm³/mol. The molecule has 27 heavy (non-hydrogen) atoms. The number of carbonyl (C=O) groups is 2. The number of aliphatic carboxylic acids is 1. The second kappa shape index (κ2) is 7.48. The maximum absolute atomic E-state index is 12.9. The molecule has 3 heterocycles. The summed E-state index contributed by atoms with van der Waals surface area (Å²) in [6, 6.07) is 7.03. The molecular formula is C20H25NO6. The van der Waals surface area contributed by atoms with Crippen molar-refractivity contribution >= 4 is 11.9 Å². The van der Waals surface area contributed by atoms with E-state index in [2.05, 4.69) is 0 Å². The molecule has 3 saturated heterocycles. The molecule has 0 spiro atoms. The van der Waals surface area contributed by atoms with Crippen molar-refractivity contribution in [2.24, 2.45) is 11.3 Å². The van der Waals surface area contributed by atoms with Crippen LogP contribution in [0.3, 0.4) is 0 Å². The minimum atomic E-state index is -0.877. The summed E-state index contributed by atoms with van der Waals surface area (Å²) in [5, 5.41) is 9.73. The van der Waals surface area contributed by atoms with Gasteiger partial charge in [0.1, 0.15) is 12.4 Å². The average Bonchev–Trinajstić information content (AvgIpc) is 3.34. The van der Waals surface area contributed by atoms with Crippen molar-refractivity contribution in [2.75, 3.05) is 39.5 Å². The van der Waals surface area contributed by atoms with Crippen LogP contribution < -0.4 is 4.74 Å². The van der Waals surface area contributed by atoms with Crippen molar-refractivity contribution in [3.8, 4) is 5.75 Å². The van der Waals surface area contributed by atoms with Crippen molar-refractivity contribution in [2.45, 2.75) is 25.4 Å². The summed E-state index contributed by atoms with van der Waals surface area (Å²) in [6.07, 6.45) is 2.68. The van der Waals surface area contributed by atoms with Crippen LogP contribution >= 0.6 is 0 Å². The van der Waals surface area contributed by atoms with Crippen molar-refractivity contribution in [1.82, 2.24) is 4.90 Å². The van der Waals surface area contributed by atoms with Crippen LogP contribution in [0, 0.1) is 11.3 Å². The van der Waals surface area contributed by atoms with Gasteiger partial charge in [-0.1, -0.05) is 0 Å². The highest BCUT2D eigenvalue weighted by Gasteiger charge is 2.54. The molecule has 1 aromatic rings. The van der Waals surface area contributed by atoms with Crippen molar-refractivity contribution in [3.63, 3.8) is 0 Å². The van der Waals surface area contributed by atoms with Gasteiger partial charge in [0.15, 0.2) is 0 Å². The van der Waals surface area contributed by atoms with E-state index in [9.17, 15) is 14.7 Å². The molecular weight excluding hydrogens is 350 g/mol. The lowest BCUT2D eigenvalue weighted by Gasteiger charge is -2.33. The molecule has 0 radical (unpaired) electrons. The Balaban J connectivity index is 1.40. The van der Waals surface area contributed by atoms with Gasteiger partial charge >= 0.3 is 5.97 Å². The number of carboxylic acids is 1. The molecule has 7 nitrogen and oxygen atoms in total. The first-order valence-electron chi connectivity index (χ1n) is 9.53. The third kappa shape index (κ3) is 3.53. The molecule has 1 amide bonds. The van der Waals surface area contributed by atoms with E-state index in [-0.39, 0.29) is 24.5 Å². The number of hydrogen-bond acceptors (Lipinski definition) is 5. The molecule has 1 N–H and O–H groups in total. The van der Waals surface area contributed by atoms with Crippen LogP contribution in [0.25, 0.3) is 0 Å². The highest BCUT2D eigenvalue weighted by molar-refractivity contribution is 5.95. The Kier molecular flexibility index (Phi) is 5.06. The molecule has 0 bridgehead atoms. The standard InChI is InChI=1S/C20H25NO6/c22-18(21-10-15-11-25-9-7-20(15,13-21)19(23)24)14-3-5-16(6-4-14)27-12-17-2-1-8-26-17/h3-6,15,17H,1-2,7-13H2,(H,23,24)/t15-,17?,20+/m0/s1. The molecule has 1 unspecified atom stereocenters. The number of amides is 1. The van der Waals surface area contributed by atoms with Gasteiger partial charge in [-0.05, 0) is 43.5 Å². The molecule has 3 fully saturated rings. The minimum absolute atomic E-state index is 0.143. The van der Waals surface area contributed by atoms with E-state index in [1.807, 2.05) is 0 Å². The first-order chi connectivity index (χ1) is 13.1. The zero-order valence-electron chi connectivity index (χ0n) is 15.3. The van der Waals surface area contributed by atoms with Crippen molar-refractivity contribution in [3.05, 3.63) is 29.8 Å². The van der Waals surface area contributed by atoms with E-state index in [4.69, 9.17) is 14.2 Å². The smallest absolute Gasteiger partial charge is 0.311 e. The molecule has 0 aromatic heterocycles. The van der Waals surface area contributed by atoms with Gasteiger partial charge in [-0.3, -0.25) is 9.59 Å².